The molecule has 1 rings (SSSR count). The first-order chi connectivity index (χ1) is 7.01. The summed E-state index contributed by atoms with van der Waals surface area (Å²) >= 11 is 0. The summed E-state index contributed by atoms with van der Waals surface area (Å²) in [7, 11) is -3.03. The third-order valence-corrected chi connectivity index (χ3v) is 2.93. The lowest BCUT2D eigenvalue weighted by molar-refractivity contribution is 0.542. The molecule has 1 unspecified atom stereocenters. The van der Waals surface area contributed by atoms with Gasteiger partial charge >= 0.3 is 0 Å². The van der Waals surface area contributed by atoms with Crippen LogP contribution in [-0.4, -0.2) is 31.5 Å². The van der Waals surface area contributed by atoms with Crippen LogP contribution in [0.3, 0.4) is 0 Å². The van der Waals surface area contributed by atoms with Gasteiger partial charge in [-0.1, -0.05) is 6.07 Å². The fraction of sp³-hybridized carbons (Fsp3) is 0.444. The molecule has 0 aliphatic heterocycles. The van der Waals surface area contributed by atoms with Crippen molar-refractivity contribution in [2.75, 3.05) is 12.0 Å². The number of nitrogens with zero attached hydrogens (tertiary/aromatic N) is 1. The molecule has 0 fully saturated rings. The number of nitrogens with one attached hydrogen (secondary N) is 1. The van der Waals surface area contributed by atoms with Crippen molar-refractivity contribution < 1.29 is 8.42 Å². The second-order valence-electron chi connectivity index (χ2n) is 3.48. The van der Waals surface area contributed by atoms with Crippen molar-refractivity contribution >= 4 is 9.84 Å². The van der Waals surface area contributed by atoms with Gasteiger partial charge in [0.05, 0.1) is 5.75 Å². The Morgan fingerprint density at radius 1 is 1.53 bits per heavy atom. The van der Waals surface area contributed by atoms with Gasteiger partial charge in [0.2, 0.25) is 0 Å². The Balaban J connectivity index is 2.63. The largest absolute Gasteiger partial charge is 0.271 e. The highest BCUT2D eigenvalue weighted by molar-refractivity contribution is 7.90. The molecule has 0 saturated heterocycles. The van der Waals surface area contributed by atoms with E-state index in [0.717, 1.165) is 5.69 Å². The van der Waals surface area contributed by atoms with E-state index >= 15 is 0 Å². The quantitative estimate of drug-likeness (QED) is 0.525. The molecule has 15 heavy (non-hydrogen) atoms. The highest BCUT2D eigenvalue weighted by Gasteiger charge is 2.14. The molecule has 1 aromatic rings. The number of aromatic nitrogens is 1. The molecular formula is C9H15N3O2S. The smallest absolute Gasteiger partial charge is 0.149 e. The molecule has 0 amide bonds. The van der Waals surface area contributed by atoms with Crippen LogP contribution >= 0.6 is 0 Å². The number of hydrazine groups is 1. The molecule has 1 aromatic heterocycles. The molecule has 0 aromatic carbocycles. The lowest BCUT2D eigenvalue weighted by atomic mass is 10.2. The molecule has 1 atom stereocenters. The number of sulfone groups is 1. The molecule has 0 aliphatic rings. The van der Waals surface area contributed by atoms with E-state index < -0.39 is 9.84 Å². The van der Waals surface area contributed by atoms with Gasteiger partial charge in [-0.2, -0.15) is 0 Å². The van der Waals surface area contributed by atoms with E-state index in [-0.39, 0.29) is 11.8 Å². The van der Waals surface area contributed by atoms with Crippen LogP contribution in [0.1, 0.15) is 5.69 Å². The van der Waals surface area contributed by atoms with Crippen LogP contribution in [0.2, 0.25) is 0 Å². The Bertz CT molecular complexity index is 391. The van der Waals surface area contributed by atoms with Gasteiger partial charge < -0.3 is 0 Å². The van der Waals surface area contributed by atoms with Crippen LogP contribution in [0.4, 0.5) is 0 Å². The molecule has 0 spiro atoms. The molecule has 3 N–H and O–H groups in total. The zero-order valence-corrected chi connectivity index (χ0v) is 9.37. The van der Waals surface area contributed by atoms with Crippen molar-refractivity contribution in [2.45, 2.75) is 12.5 Å². The summed E-state index contributed by atoms with van der Waals surface area (Å²) < 4.78 is 22.1. The van der Waals surface area contributed by atoms with Gasteiger partial charge in [0.25, 0.3) is 0 Å². The van der Waals surface area contributed by atoms with E-state index in [4.69, 9.17) is 5.84 Å². The molecular weight excluding hydrogens is 214 g/mol. The monoisotopic (exact) mass is 229 g/mol. The summed E-state index contributed by atoms with van der Waals surface area (Å²) in [5.74, 6) is 5.30. The van der Waals surface area contributed by atoms with E-state index in [0.29, 0.717) is 6.42 Å². The van der Waals surface area contributed by atoms with Gasteiger partial charge in [0.15, 0.2) is 0 Å². The van der Waals surface area contributed by atoms with Crippen molar-refractivity contribution in [2.24, 2.45) is 5.84 Å². The summed E-state index contributed by atoms with van der Waals surface area (Å²) in [4.78, 5) is 4.11. The van der Waals surface area contributed by atoms with Crippen molar-refractivity contribution in [1.29, 1.82) is 0 Å². The second-order valence-corrected chi connectivity index (χ2v) is 5.67. The fourth-order valence-electron chi connectivity index (χ4n) is 1.30. The minimum Gasteiger partial charge on any atom is -0.271 e. The van der Waals surface area contributed by atoms with E-state index in [1.165, 1.54) is 6.26 Å². The van der Waals surface area contributed by atoms with Gasteiger partial charge in [-0.15, -0.1) is 0 Å². The van der Waals surface area contributed by atoms with Crippen molar-refractivity contribution in [1.82, 2.24) is 10.4 Å². The molecule has 0 aliphatic carbocycles. The van der Waals surface area contributed by atoms with Gasteiger partial charge in [0.1, 0.15) is 9.84 Å². The lowest BCUT2D eigenvalue weighted by Crippen LogP contribution is -2.41. The SMILES string of the molecule is CS(=O)(=O)CC(Cc1ccccn1)NN. The summed E-state index contributed by atoms with van der Waals surface area (Å²) in [6.07, 6.45) is 3.36. The number of hydrogen-bond donors (Lipinski definition) is 2. The second kappa shape index (κ2) is 5.20. The summed E-state index contributed by atoms with van der Waals surface area (Å²) in [6.45, 7) is 0. The summed E-state index contributed by atoms with van der Waals surface area (Å²) in [6, 6.07) is 5.21. The number of rotatable bonds is 5. The van der Waals surface area contributed by atoms with Crippen LogP contribution in [0, 0.1) is 0 Å². The van der Waals surface area contributed by atoms with Gasteiger partial charge in [-0.3, -0.25) is 16.3 Å². The van der Waals surface area contributed by atoms with Crippen LogP contribution < -0.4 is 11.3 Å². The van der Waals surface area contributed by atoms with Crippen molar-refractivity contribution in [3.63, 3.8) is 0 Å². The first-order valence-electron chi connectivity index (χ1n) is 4.55. The lowest BCUT2D eigenvalue weighted by Gasteiger charge is -2.13. The maximum absolute atomic E-state index is 11.1. The van der Waals surface area contributed by atoms with Gasteiger partial charge in [-0.25, -0.2) is 8.42 Å². The van der Waals surface area contributed by atoms with Crippen LogP contribution in [-0.2, 0) is 16.3 Å². The highest BCUT2D eigenvalue weighted by Crippen LogP contribution is 2.01. The molecule has 5 nitrogen and oxygen atoms in total. The van der Waals surface area contributed by atoms with E-state index in [1.54, 1.807) is 6.20 Å². The van der Waals surface area contributed by atoms with Gasteiger partial charge in [0, 0.05) is 30.6 Å². The first kappa shape index (κ1) is 12.1. The van der Waals surface area contributed by atoms with E-state index in [1.807, 2.05) is 18.2 Å². The third-order valence-electron chi connectivity index (χ3n) is 1.92. The normalized spacial score (nSPS) is 13.7. The summed E-state index contributed by atoms with van der Waals surface area (Å²) in [5, 5.41) is 0. The van der Waals surface area contributed by atoms with Gasteiger partial charge in [-0.05, 0) is 12.1 Å². The number of pyridine rings is 1. The number of nitrogens with two attached hydrogens (primary N) is 1. The zero-order chi connectivity index (χ0) is 11.3. The topological polar surface area (TPSA) is 85.1 Å². The predicted molar refractivity (Wildman–Crippen MR) is 58.8 cm³/mol. The Labute approximate surface area is 89.6 Å². The Hall–Kier alpha value is -0.980. The minimum atomic E-state index is -3.03. The first-order valence-corrected chi connectivity index (χ1v) is 6.61. The van der Waals surface area contributed by atoms with Crippen LogP contribution in [0.15, 0.2) is 24.4 Å². The third kappa shape index (κ3) is 4.87. The van der Waals surface area contributed by atoms with Crippen molar-refractivity contribution in [3.8, 4) is 0 Å². The molecule has 0 bridgehead atoms. The average molecular weight is 229 g/mol. The predicted octanol–water partition coefficient (Wildman–Crippen LogP) is -0.499. The maximum Gasteiger partial charge on any atom is 0.149 e. The van der Waals surface area contributed by atoms with Crippen LogP contribution in [0.25, 0.3) is 0 Å². The van der Waals surface area contributed by atoms with E-state index in [2.05, 4.69) is 10.4 Å². The Morgan fingerprint density at radius 3 is 2.73 bits per heavy atom. The average Bonchev–Trinajstić information content (AvgIpc) is 2.16. The maximum atomic E-state index is 11.1. The highest BCUT2D eigenvalue weighted by atomic mass is 32.2. The zero-order valence-electron chi connectivity index (χ0n) is 8.55. The van der Waals surface area contributed by atoms with E-state index in [9.17, 15) is 8.42 Å². The summed E-state index contributed by atoms with van der Waals surface area (Å²) in [5.41, 5.74) is 3.31. The van der Waals surface area contributed by atoms with Crippen molar-refractivity contribution in [3.05, 3.63) is 30.1 Å². The Morgan fingerprint density at radius 2 is 2.27 bits per heavy atom. The fourth-order valence-corrected chi connectivity index (χ4v) is 2.25. The standard InChI is InChI=1S/C9H15N3O2S/c1-15(13,14)7-9(12-10)6-8-4-2-3-5-11-8/h2-5,9,12H,6-7,10H2,1H3. The molecule has 0 radical (unpaired) electrons. The minimum absolute atomic E-state index is 0.0140. The molecule has 84 valence electrons. The number of hydrogen-bond acceptors (Lipinski definition) is 5. The molecule has 0 saturated carbocycles. The molecule has 1 heterocycles. The molecule has 6 heteroatoms. The Kier molecular flexibility index (Phi) is 4.19. The van der Waals surface area contributed by atoms with Crippen LogP contribution in [0.5, 0.6) is 0 Å².